The summed E-state index contributed by atoms with van der Waals surface area (Å²) in [5, 5.41) is 0. The van der Waals surface area contributed by atoms with Gasteiger partial charge in [-0.1, -0.05) is 0 Å². The van der Waals surface area contributed by atoms with Gasteiger partial charge in [0, 0.05) is 18.0 Å². The summed E-state index contributed by atoms with van der Waals surface area (Å²) < 4.78 is 12.8. The number of nitrogen functional groups attached to an aromatic ring is 1. The number of nitrogens with zero attached hydrogens (tertiary/aromatic N) is 3. The Labute approximate surface area is 79.7 Å². The molecule has 0 aliphatic carbocycles. The molecule has 2 heterocycles. The minimum Gasteiger partial charge on any atom is -0.384 e. The van der Waals surface area contributed by atoms with Crippen molar-refractivity contribution in [3.8, 4) is 11.4 Å². The fourth-order valence-corrected chi connectivity index (χ4v) is 1.05. The fraction of sp³-hybridized carbons (Fsp3) is 0. The minimum absolute atomic E-state index is 0.347. The van der Waals surface area contributed by atoms with E-state index in [0.717, 1.165) is 6.20 Å². The molecule has 0 amide bonds. The first-order chi connectivity index (χ1) is 6.75. The van der Waals surface area contributed by atoms with Crippen LogP contribution in [0.15, 0.2) is 30.7 Å². The molecule has 2 rings (SSSR count). The van der Waals surface area contributed by atoms with Crippen LogP contribution in [0.5, 0.6) is 0 Å². The van der Waals surface area contributed by atoms with Crippen LogP contribution < -0.4 is 5.73 Å². The van der Waals surface area contributed by atoms with E-state index in [1.807, 2.05) is 0 Å². The van der Waals surface area contributed by atoms with Crippen LogP contribution in [0.25, 0.3) is 11.4 Å². The summed E-state index contributed by atoms with van der Waals surface area (Å²) in [5.41, 5.74) is 5.98. The molecule has 0 aliphatic heterocycles. The van der Waals surface area contributed by atoms with E-state index in [4.69, 9.17) is 5.73 Å². The largest absolute Gasteiger partial charge is 0.384 e. The van der Waals surface area contributed by atoms with E-state index in [1.54, 1.807) is 6.07 Å². The Kier molecular flexibility index (Phi) is 2.06. The van der Waals surface area contributed by atoms with Crippen molar-refractivity contribution in [2.24, 2.45) is 0 Å². The number of hydrogen-bond acceptors (Lipinski definition) is 4. The second-order valence-corrected chi connectivity index (χ2v) is 2.70. The number of halogens is 1. The van der Waals surface area contributed by atoms with Crippen molar-refractivity contribution < 1.29 is 4.39 Å². The van der Waals surface area contributed by atoms with E-state index in [2.05, 4.69) is 15.0 Å². The molecule has 0 radical (unpaired) electrons. The third-order valence-corrected chi connectivity index (χ3v) is 1.64. The van der Waals surface area contributed by atoms with Crippen molar-refractivity contribution >= 4 is 5.82 Å². The summed E-state index contributed by atoms with van der Waals surface area (Å²) >= 11 is 0. The fourth-order valence-electron chi connectivity index (χ4n) is 1.05. The van der Waals surface area contributed by atoms with Gasteiger partial charge in [-0.2, -0.15) is 0 Å². The lowest BCUT2D eigenvalue weighted by Crippen LogP contribution is -1.95. The molecule has 0 aromatic carbocycles. The summed E-state index contributed by atoms with van der Waals surface area (Å²) in [5.74, 6) is 0.296. The van der Waals surface area contributed by atoms with Crippen LogP contribution >= 0.6 is 0 Å². The Balaban J connectivity index is 2.49. The molecule has 0 fully saturated rings. The summed E-state index contributed by atoms with van der Waals surface area (Å²) in [6, 6.07) is 2.87. The van der Waals surface area contributed by atoms with Gasteiger partial charge in [0.2, 0.25) is 0 Å². The van der Waals surface area contributed by atoms with Crippen molar-refractivity contribution in [1.82, 2.24) is 15.0 Å². The van der Waals surface area contributed by atoms with E-state index >= 15 is 0 Å². The van der Waals surface area contributed by atoms with E-state index < -0.39 is 5.82 Å². The summed E-state index contributed by atoms with van der Waals surface area (Å²) in [4.78, 5) is 11.6. The Morgan fingerprint density at radius 1 is 1.29 bits per heavy atom. The van der Waals surface area contributed by atoms with Crippen LogP contribution in [0.1, 0.15) is 0 Å². The second kappa shape index (κ2) is 3.37. The van der Waals surface area contributed by atoms with Gasteiger partial charge in [-0.05, 0) is 12.1 Å². The third-order valence-electron chi connectivity index (χ3n) is 1.64. The van der Waals surface area contributed by atoms with E-state index in [-0.39, 0.29) is 0 Å². The highest BCUT2D eigenvalue weighted by atomic mass is 19.1. The van der Waals surface area contributed by atoms with Crippen molar-refractivity contribution in [2.45, 2.75) is 0 Å². The standard InChI is InChI=1S/C9H7FN4/c10-7-3-6(4-12-5-7)9-13-2-1-8(11)14-9/h1-5H,(H2,11,13,14). The molecule has 14 heavy (non-hydrogen) atoms. The molecule has 0 bridgehead atoms. The third kappa shape index (κ3) is 1.66. The molecule has 2 aromatic rings. The maximum absolute atomic E-state index is 12.8. The first kappa shape index (κ1) is 8.55. The molecule has 5 heteroatoms. The van der Waals surface area contributed by atoms with Gasteiger partial charge in [-0.15, -0.1) is 0 Å². The predicted molar refractivity (Wildman–Crippen MR) is 49.6 cm³/mol. The van der Waals surface area contributed by atoms with Gasteiger partial charge < -0.3 is 5.73 Å². The van der Waals surface area contributed by atoms with Crippen molar-refractivity contribution in [2.75, 3.05) is 5.73 Å². The van der Waals surface area contributed by atoms with Crippen molar-refractivity contribution in [3.63, 3.8) is 0 Å². The van der Waals surface area contributed by atoms with Crippen LogP contribution in [0.3, 0.4) is 0 Å². The topological polar surface area (TPSA) is 64.7 Å². The molecule has 2 aromatic heterocycles. The first-order valence-electron chi connectivity index (χ1n) is 3.95. The summed E-state index contributed by atoms with van der Waals surface area (Å²) in [6.45, 7) is 0. The highest BCUT2D eigenvalue weighted by Crippen LogP contribution is 2.14. The maximum Gasteiger partial charge on any atom is 0.163 e. The molecular weight excluding hydrogens is 183 g/mol. The van der Waals surface area contributed by atoms with Crippen molar-refractivity contribution in [1.29, 1.82) is 0 Å². The average Bonchev–Trinajstić information content (AvgIpc) is 2.18. The zero-order valence-electron chi connectivity index (χ0n) is 7.18. The van der Waals surface area contributed by atoms with Gasteiger partial charge in [0.1, 0.15) is 11.6 Å². The molecular formula is C9H7FN4. The normalized spacial score (nSPS) is 10.1. The van der Waals surface area contributed by atoms with Gasteiger partial charge in [-0.3, -0.25) is 4.98 Å². The number of nitrogens with two attached hydrogens (primary N) is 1. The van der Waals surface area contributed by atoms with Gasteiger partial charge in [0.15, 0.2) is 5.82 Å². The van der Waals surface area contributed by atoms with E-state index in [9.17, 15) is 4.39 Å². The summed E-state index contributed by atoms with van der Waals surface area (Å²) in [6.07, 6.45) is 4.12. The number of anilines is 1. The monoisotopic (exact) mass is 190 g/mol. The Hall–Kier alpha value is -2.04. The van der Waals surface area contributed by atoms with Crippen molar-refractivity contribution in [3.05, 3.63) is 36.5 Å². The van der Waals surface area contributed by atoms with E-state index in [1.165, 1.54) is 18.5 Å². The molecule has 0 atom stereocenters. The highest BCUT2D eigenvalue weighted by Gasteiger charge is 2.02. The lowest BCUT2D eigenvalue weighted by molar-refractivity contribution is 0.622. The molecule has 70 valence electrons. The molecule has 0 spiro atoms. The molecule has 0 unspecified atom stereocenters. The van der Waals surface area contributed by atoms with Crippen LogP contribution in [0.4, 0.5) is 10.2 Å². The molecule has 0 saturated carbocycles. The smallest absolute Gasteiger partial charge is 0.163 e. The van der Waals surface area contributed by atoms with Gasteiger partial charge in [0.25, 0.3) is 0 Å². The highest BCUT2D eigenvalue weighted by molar-refractivity contribution is 5.54. The summed E-state index contributed by atoms with van der Waals surface area (Å²) in [7, 11) is 0. The molecule has 0 saturated heterocycles. The molecule has 4 nitrogen and oxygen atoms in total. The lowest BCUT2D eigenvalue weighted by Gasteiger charge is -1.99. The zero-order valence-corrected chi connectivity index (χ0v) is 7.18. The SMILES string of the molecule is Nc1ccnc(-c2cncc(F)c2)n1. The average molecular weight is 190 g/mol. The Bertz CT molecular complexity index is 415. The minimum atomic E-state index is -0.423. The number of aromatic nitrogens is 3. The van der Waals surface area contributed by atoms with Crippen LogP contribution in [-0.4, -0.2) is 15.0 Å². The zero-order chi connectivity index (χ0) is 9.97. The quantitative estimate of drug-likeness (QED) is 0.735. The van der Waals surface area contributed by atoms with Crippen LogP contribution in [0.2, 0.25) is 0 Å². The van der Waals surface area contributed by atoms with Gasteiger partial charge in [-0.25, -0.2) is 14.4 Å². The van der Waals surface area contributed by atoms with E-state index in [0.29, 0.717) is 17.2 Å². The first-order valence-corrected chi connectivity index (χ1v) is 3.95. The Morgan fingerprint density at radius 2 is 2.14 bits per heavy atom. The van der Waals surface area contributed by atoms with Gasteiger partial charge in [0.05, 0.1) is 6.20 Å². The maximum atomic E-state index is 12.8. The number of rotatable bonds is 1. The predicted octanol–water partition coefficient (Wildman–Crippen LogP) is 1.26. The molecule has 2 N–H and O–H groups in total. The van der Waals surface area contributed by atoms with Crippen LogP contribution in [-0.2, 0) is 0 Å². The van der Waals surface area contributed by atoms with Gasteiger partial charge >= 0.3 is 0 Å². The Morgan fingerprint density at radius 3 is 2.86 bits per heavy atom. The molecule has 0 aliphatic rings. The number of pyridine rings is 1. The van der Waals surface area contributed by atoms with Crippen LogP contribution in [0, 0.1) is 5.82 Å². The second-order valence-electron chi connectivity index (χ2n) is 2.70. The lowest BCUT2D eigenvalue weighted by atomic mass is 10.2. The number of hydrogen-bond donors (Lipinski definition) is 1.